The van der Waals surface area contributed by atoms with Gasteiger partial charge >= 0.3 is 0 Å². The highest BCUT2D eigenvalue weighted by Gasteiger charge is 2.13. The van der Waals surface area contributed by atoms with E-state index in [0.717, 1.165) is 11.9 Å². The molecule has 0 fully saturated rings. The second-order valence-electron chi connectivity index (χ2n) is 6.72. The fourth-order valence-corrected chi connectivity index (χ4v) is 3.33. The van der Waals surface area contributed by atoms with Crippen LogP contribution in [0.2, 0.25) is 0 Å². The van der Waals surface area contributed by atoms with Crippen LogP contribution in [0.15, 0.2) is 79.3 Å². The zero-order chi connectivity index (χ0) is 19.3. The minimum atomic E-state index is -0.247. The topological polar surface area (TPSA) is 48.8 Å². The van der Waals surface area contributed by atoms with E-state index in [9.17, 15) is 9.18 Å². The first-order valence-electron chi connectivity index (χ1n) is 9.26. The molecule has 0 aliphatic rings. The molecule has 29 heavy (non-hydrogen) atoms. The van der Waals surface area contributed by atoms with Gasteiger partial charge in [0.2, 0.25) is 0 Å². The normalized spacial score (nSPS) is 10.5. The lowest BCUT2D eigenvalue weighted by Crippen LogP contribution is -3.00. The van der Waals surface area contributed by atoms with Gasteiger partial charge in [-0.1, -0.05) is 30.3 Å². The maximum absolute atomic E-state index is 13.9. The zero-order valence-electron chi connectivity index (χ0n) is 15.7. The van der Waals surface area contributed by atoms with Crippen molar-refractivity contribution in [2.75, 3.05) is 6.54 Å². The van der Waals surface area contributed by atoms with Gasteiger partial charge in [0.05, 0.1) is 5.56 Å². The van der Waals surface area contributed by atoms with E-state index >= 15 is 0 Å². The number of aromatic nitrogens is 2. The van der Waals surface area contributed by atoms with Crippen LogP contribution in [0.5, 0.6) is 0 Å². The highest BCUT2D eigenvalue weighted by molar-refractivity contribution is 5.93. The summed E-state index contributed by atoms with van der Waals surface area (Å²) in [4.78, 5) is 15.7. The number of para-hydroxylation sites is 1. The number of hydrogen-bond acceptors (Lipinski definition) is 1. The van der Waals surface area contributed by atoms with Crippen LogP contribution < -0.4 is 26.9 Å². The molecule has 4 aromatic rings. The molecule has 0 spiro atoms. The highest BCUT2D eigenvalue weighted by Crippen LogP contribution is 2.17. The van der Waals surface area contributed by atoms with E-state index in [0.29, 0.717) is 24.2 Å². The molecule has 2 N–H and O–H groups in total. The fraction of sp³-hybridized carbons (Fsp3) is 0.130. The SMILES string of the molecule is O=C(NCCc1c[nH]c2ccccc12)c1ccc[n+](Cc2ccccc2F)c1.[Br-]. The number of rotatable bonds is 6. The number of H-pyrrole nitrogens is 1. The first-order valence-corrected chi connectivity index (χ1v) is 9.26. The lowest BCUT2D eigenvalue weighted by atomic mass is 10.1. The molecule has 0 atom stereocenters. The van der Waals surface area contributed by atoms with Crippen LogP contribution in [-0.4, -0.2) is 17.4 Å². The van der Waals surface area contributed by atoms with Gasteiger partial charge in [0.1, 0.15) is 11.4 Å². The molecule has 2 heterocycles. The number of carbonyl (C=O) groups is 1. The zero-order valence-corrected chi connectivity index (χ0v) is 17.3. The summed E-state index contributed by atoms with van der Waals surface area (Å²) in [5.74, 6) is -0.383. The molecule has 4 nitrogen and oxygen atoms in total. The predicted octanol–water partition coefficient (Wildman–Crippen LogP) is 0.619. The summed E-state index contributed by atoms with van der Waals surface area (Å²) in [6, 6.07) is 18.3. The summed E-state index contributed by atoms with van der Waals surface area (Å²) < 4.78 is 15.7. The van der Waals surface area contributed by atoms with Gasteiger partial charge in [-0.25, -0.2) is 4.39 Å². The predicted molar refractivity (Wildman–Crippen MR) is 106 cm³/mol. The summed E-state index contributed by atoms with van der Waals surface area (Å²) in [7, 11) is 0. The van der Waals surface area contributed by atoms with Gasteiger partial charge in [-0.05, 0) is 36.2 Å². The van der Waals surface area contributed by atoms with Crippen molar-refractivity contribution in [1.82, 2.24) is 10.3 Å². The van der Waals surface area contributed by atoms with Crippen molar-refractivity contribution in [3.63, 3.8) is 0 Å². The Morgan fingerprint density at radius 1 is 1.00 bits per heavy atom. The smallest absolute Gasteiger partial charge is 0.257 e. The molecule has 0 saturated heterocycles. The van der Waals surface area contributed by atoms with Gasteiger partial charge in [-0.15, -0.1) is 0 Å². The first-order chi connectivity index (χ1) is 13.7. The largest absolute Gasteiger partial charge is 1.00 e. The van der Waals surface area contributed by atoms with E-state index in [1.165, 1.54) is 17.0 Å². The van der Waals surface area contributed by atoms with Crippen LogP contribution in [0.1, 0.15) is 21.5 Å². The van der Waals surface area contributed by atoms with Crippen LogP contribution in [0, 0.1) is 5.82 Å². The number of amides is 1. The summed E-state index contributed by atoms with van der Waals surface area (Å²) in [6.07, 6.45) is 6.31. The second-order valence-corrected chi connectivity index (χ2v) is 6.72. The Morgan fingerprint density at radius 3 is 2.66 bits per heavy atom. The molecule has 6 heteroatoms. The van der Waals surface area contributed by atoms with Crippen molar-refractivity contribution >= 4 is 16.8 Å². The van der Waals surface area contributed by atoms with Gasteiger partial charge in [0.25, 0.3) is 5.91 Å². The Hall–Kier alpha value is -2.99. The van der Waals surface area contributed by atoms with Gasteiger partial charge in [-0.2, -0.15) is 4.57 Å². The monoisotopic (exact) mass is 453 g/mol. The average Bonchev–Trinajstić information content (AvgIpc) is 3.13. The quantitative estimate of drug-likeness (QED) is 0.413. The van der Waals surface area contributed by atoms with Gasteiger partial charge in [0, 0.05) is 29.7 Å². The van der Waals surface area contributed by atoms with Gasteiger partial charge < -0.3 is 27.3 Å². The summed E-state index contributed by atoms with van der Waals surface area (Å²) >= 11 is 0. The number of aromatic amines is 1. The van der Waals surface area contributed by atoms with Gasteiger partial charge in [0.15, 0.2) is 18.9 Å². The average molecular weight is 454 g/mol. The molecule has 0 saturated carbocycles. The molecular weight excluding hydrogens is 433 g/mol. The molecule has 0 aliphatic carbocycles. The molecule has 1 amide bonds. The van der Waals surface area contributed by atoms with Gasteiger partial charge in [-0.3, -0.25) is 4.79 Å². The Kier molecular flexibility index (Phi) is 6.77. The number of nitrogens with zero attached hydrogens (tertiary/aromatic N) is 1. The maximum atomic E-state index is 13.9. The Balaban J connectivity index is 0.00000240. The van der Waals surface area contributed by atoms with E-state index in [1.807, 2.05) is 35.2 Å². The van der Waals surface area contributed by atoms with Crippen LogP contribution >= 0.6 is 0 Å². The molecule has 0 radical (unpaired) electrons. The highest BCUT2D eigenvalue weighted by atomic mass is 79.9. The summed E-state index contributed by atoms with van der Waals surface area (Å²) in [5.41, 5.74) is 3.42. The Morgan fingerprint density at radius 2 is 1.79 bits per heavy atom. The van der Waals surface area contributed by atoms with E-state index < -0.39 is 0 Å². The third-order valence-corrected chi connectivity index (χ3v) is 4.79. The van der Waals surface area contributed by atoms with E-state index in [1.54, 1.807) is 36.5 Å². The molecule has 2 aromatic carbocycles. The standard InChI is InChI=1S/C23H20FN3O.BrH/c24-21-9-3-1-6-18(21)15-27-13-5-7-19(16-27)23(28)25-12-11-17-14-26-22-10-4-2-8-20(17)22;/h1-10,13-14,16,26H,11-12,15H2;1H. The third-order valence-electron chi connectivity index (χ3n) is 4.79. The molecule has 148 valence electrons. The van der Waals surface area contributed by atoms with Crippen LogP contribution in [0.25, 0.3) is 10.9 Å². The van der Waals surface area contributed by atoms with Crippen LogP contribution in [0.4, 0.5) is 4.39 Å². The number of fused-ring (bicyclic) bond motifs is 1. The van der Waals surface area contributed by atoms with Crippen molar-refractivity contribution in [3.8, 4) is 0 Å². The van der Waals surface area contributed by atoms with Crippen molar-refractivity contribution in [1.29, 1.82) is 0 Å². The number of nitrogens with one attached hydrogen (secondary N) is 2. The second kappa shape index (κ2) is 9.47. The van der Waals surface area contributed by atoms with Crippen LogP contribution in [-0.2, 0) is 13.0 Å². The van der Waals surface area contributed by atoms with Crippen molar-refractivity contribution < 1.29 is 30.7 Å². The van der Waals surface area contributed by atoms with Crippen molar-refractivity contribution in [3.05, 3.63) is 102 Å². The molecule has 2 aromatic heterocycles. The van der Waals surface area contributed by atoms with E-state index in [-0.39, 0.29) is 28.7 Å². The lowest BCUT2D eigenvalue weighted by molar-refractivity contribution is -0.688. The maximum Gasteiger partial charge on any atom is 0.257 e. The fourth-order valence-electron chi connectivity index (χ4n) is 3.33. The van der Waals surface area contributed by atoms with E-state index in [4.69, 9.17) is 0 Å². The molecule has 0 bridgehead atoms. The van der Waals surface area contributed by atoms with Crippen molar-refractivity contribution in [2.24, 2.45) is 0 Å². The number of hydrogen-bond donors (Lipinski definition) is 2. The molecule has 4 rings (SSSR count). The minimum absolute atomic E-state index is 0. The number of pyridine rings is 1. The summed E-state index contributed by atoms with van der Waals surface area (Å²) in [5, 5.41) is 4.14. The Bertz CT molecular complexity index is 1130. The van der Waals surface area contributed by atoms with Crippen molar-refractivity contribution in [2.45, 2.75) is 13.0 Å². The minimum Gasteiger partial charge on any atom is -1.00 e. The van der Waals surface area contributed by atoms with E-state index in [2.05, 4.69) is 16.4 Å². The Labute approximate surface area is 179 Å². The molecule has 0 aliphatic heterocycles. The molecule has 0 unspecified atom stereocenters. The molecular formula is C23H21BrFN3O. The van der Waals surface area contributed by atoms with Crippen LogP contribution in [0.3, 0.4) is 0 Å². The number of benzene rings is 2. The number of carbonyl (C=O) groups excluding carboxylic acids is 1. The summed E-state index contributed by atoms with van der Waals surface area (Å²) in [6.45, 7) is 0.923. The number of halogens is 2. The first kappa shape index (κ1) is 20.7. The lowest BCUT2D eigenvalue weighted by Gasteiger charge is -2.05. The third kappa shape index (κ3) is 4.90.